The molecule has 0 unspecified atom stereocenters. The number of ether oxygens (including phenoxy) is 1. The molecule has 21 heavy (non-hydrogen) atoms. The molecule has 0 spiro atoms. The maximum Gasteiger partial charge on any atom is 0.239 e. The molecular weight excluding hydrogens is 326 g/mol. The van der Waals surface area contributed by atoms with Gasteiger partial charge in [0.15, 0.2) is 5.15 Å². The largest absolute Gasteiger partial charge is 0.437 e. The Bertz CT molecular complexity index is 963. The topological polar surface area (TPSA) is 47.9 Å². The highest BCUT2D eigenvalue weighted by Gasteiger charge is 2.13. The van der Waals surface area contributed by atoms with Crippen molar-refractivity contribution in [3.05, 3.63) is 40.1 Å². The molecule has 0 saturated heterocycles. The fraction of sp³-hybridized carbons (Fsp3) is 0.0714. The molecule has 0 fully saturated rings. The number of benzene rings is 1. The number of hydrogen-bond donors (Lipinski definition) is 0. The number of nitrogens with zero attached hydrogens (tertiary/aromatic N) is 3. The Morgan fingerprint density at radius 2 is 2.14 bits per heavy atom. The van der Waals surface area contributed by atoms with Gasteiger partial charge in [-0.2, -0.15) is 4.98 Å². The van der Waals surface area contributed by atoms with Gasteiger partial charge in [-0.3, -0.25) is 4.98 Å². The fourth-order valence-electron chi connectivity index (χ4n) is 2.16. The van der Waals surface area contributed by atoms with Gasteiger partial charge in [0.2, 0.25) is 5.88 Å². The minimum Gasteiger partial charge on any atom is -0.437 e. The molecule has 104 valence electrons. The van der Waals surface area contributed by atoms with E-state index >= 15 is 0 Å². The zero-order valence-electron chi connectivity index (χ0n) is 10.8. The van der Waals surface area contributed by atoms with Gasteiger partial charge in [-0.05, 0) is 18.4 Å². The molecule has 7 heteroatoms. The first-order valence-electron chi connectivity index (χ1n) is 6.13. The van der Waals surface area contributed by atoms with E-state index in [0.717, 1.165) is 31.1 Å². The number of rotatable bonds is 2. The van der Waals surface area contributed by atoms with Gasteiger partial charge < -0.3 is 4.74 Å². The van der Waals surface area contributed by atoms with E-state index in [1.807, 2.05) is 24.4 Å². The summed E-state index contributed by atoms with van der Waals surface area (Å²) in [5.41, 5.74) is 1.03. The molecule has 0 N–H and O–H groups in total. The minimum atomic E-state index is 0.309. The number of hydrogen-bond acceptors (Lipinski definition) is 6. The van der Waals surface area contributed by atoms with Crippen molar-refractivity contribution in [2.45, 2.75) is 6.92 Å². The lowest BCUT2D eigenvalue weighted by Crippen LogP contribution is -1.90. The van der Waals surface area contributed by atoms with E-state index in [1.54, 1.807) is 28.9 Å². The lowest BCUT2D eigenvalue weighted by atomic mass is 10.2. The van der Waals surface area contributed by atoms with Gasteiger partial charge in [0.25, 0.3) is 0 Å². The van der Waals surface area contributed by atoms with Crippen molar-refractivity contribution in [3.63, 3.8) is 0 Å². The van der Waals surface area contributed by atoms with E-state index in [2.05, 4.69) is 15.0 Å². The van der Waals surface area contributed by atoms with Gasteiger partial charge in [-0.25, -0.2) is 4.98 Å². The predicted octanol–water partition coefficient (Wildman–Crippen LogP) is 5.06. The Morgan fingerprint density at radius 3 is 3.00 bits per heavy atom. The first-order chi connectivity index (χ1) is 10.2. The molecule has 0 amide bonds. The van der Waals surface area contributed by atoms with Crippen LogP contribution in [0.1, 0.15) is 5.01 Å². The third-order valence-electron chi connectivity index (χ3n) is 2.97. The maximum absolute atomic E-state index is 5.88. The van der Waals surface area contributed by atoms with Crippen LogP contribution in [0.3, 0.4) is 0 Å². The van der Waals surface area contributed by atoms with Crippen LogP contribution in [0.25, 0.3) is 20.3 Å². The van der Waals surface area contributed by atoms with Crippen molar-refractivity contribution < 1.29 is 4.74 Å². The molecule has 0 saturated carbocycles. The summed E-state index contributed by atoms with van der Waals surface area (Å²) in [7, 11) is 0. The zero-order valence-corrected chi connectivity index (χ0v) is 13.2. The summed E-state index contributed by atoms with van der Waals surface area (Å²) in [6.07, 6.45) is 3.02. The van der Waals surface area contributed by atoms with Gasteiger partial charge in [-0.15, -0.1) is 22.7 Å². The van der Waals surface area contributed by atoms with Crippen LogP contribution in [0.15, 0.2) is 29.9 Å². The molecular formula is C14H8ClN3OS2. The Kier molecular flexibility index (Phi) is 3.02. The third kappa shape index (κ3) is 2.25. The zero-order chi connectivity index (χ0) is 14.4. The molecule has 0 radical (unpaired) electrons. The smallest absolute Gasteiger partial charge is 0.239 e. The van der Waals surface area contributed by atoms with Crippen LogP contribution in [-0.2, 0) is 0 Å². The summed E-state index contributed by atoms with van der Waals surface area (Å²) in [6, 6.07) is 4.03. The quantitative estimate of drug-likeness (QED) is 0.514. The van der Waals surface area contributed by atoms with Gasteiger partial charge in [0, 0.05) is 11.5 Å². The molecule has 4 nitrogen and oxygen atoms in total. The number of aryl methyl sites for hydroxylation is 1. The summed E-state index contributed by atoms with van der Waals surface area (Å²) in [5.74, 6) is 1.13. The molecule has 0 atom stereocenters. The van der Waals surface area contributed by atoms with E-state index in [0.29, 0.717) is 11.0 Å². The summed E-state index contributed by atoms with van der Waals surface area (Å²) in [6.45, 7) is 2.01. The normalized spacial score (nSPS) is 11.3. The molecule has 0 bridgehead atoms. The van der Waals surface area contributed by atoms with Crippen molar-refractivity contribution in [3.8, 4) is 11.6 Å². The number of thiazole rings is 1. The Hall–Kier alpha value is -1.76. The monoisotopic (exact) mass is 333 g/mol. The highest BCUT2D eigenvalue weighted by molar-refractivity contribution is 7.21. The minimum absolute atomic E-state index is 0.309. The second-order valence-electron chi connectivity index (χ2n) is 4.40. The van der Waals surface area contributed by atoms with E-state index < -0.39 is 0 Å². The van der Waals surface area contributed by atoms with Gasteiger partial charge in [-0.1, -0.05) is 11.6 Å². The number of aromatic nitrogens is 3. The number of halogens is 1. The fourth-order valence-corrected chi connectivity index (χ4v) is 4.13. The molecule has 1 aromatic carbocycles. The highest BCUT2D eigenvalue weighted by atomic mass is 35.5. The lowest BCUT2D eigenvalue weighted by Gasteiger charge is -2.06. The van der Waals surface area contributed by atoms with Gasteiger partial charge in [0.1, 0.15) is 5.75 Å². The average Bonchev–Trinajstić information content (AvgIpc) is 3.04. The van der Waals surface area contributed by atoms with Gasteiger partial charge in [0.05, 0.1) is 32.3 Å². The molecule has 4 rings (SSSR count). The third-order valence-corrected chi connectivity index (χ3v) is 4.99. The second-order valence-corrected chi connectivity index (χ2v) is 6.94. The second kappa shape index (κ2) is 4.91. The van der Waals surface area contributed by atoms with Crippen LogP contribution in [0, 0.1) is 6.92 Å². The van der Waals surface area contributed by atoms with Gasteiger partial charge >= 0.3 is 0 Å². The first-order valence-corrected chi connectivity index (χ1v) is 8.21. The van der Waals surface area contributed by atoms with Crippen molar-refractivity contribution in [2.75, 3.05) is 0 Å². The molecule has 0 aliphatic carbocycles. The molecule has 4 aromatic rings. The van der Waals surface area contributed by atoms with E-state index in [4.69, 9.17) is 16.3 Å². The SMILES string of the molecule is Cc1nc2c(cc(Oc3cncc(Cl)n3)c3ccsc32)s1. The van der Waals surface area contributed by atoms with Crippen LogP contribution < -0.4 is 4.74 Å². The summed E-state index contributed by atoms with van der Waals surface area (Å²) >= 11 is 9.16. The van der Waals surface area contributed by atoms with E-state index in [1.165, 1.54) is 6.20 Å². The van der Waals surface area contributed by atoms with Crippen LogP contribution >= 0.6 is 34.3 Å². The van der Waals surface area contributed by atoms with E-state index in [-0.39, 0.29) is 0 Å². The van der Waals surface area contributed by atoms with Crippen molar-refractivity contribution in [1.82, 2.24) is 15.0 Å². The van der Waals surface area contributed by atoms with Crippen LogP contribution in [0.4, 0.5) is 0 Å². The van der Waals surface area contributed by atoms with Crippen LogP contribution in [0.2, 0.25) is 5.15 Å². The average molecular weight is 334 g/mol. The van der Waals surface area contributed by atoms with Crippen molar-refractivity contribution >= 4 is 54.6 Å². The summed E-state index contributed by atoms with van der Waals surface area (Å²) in [5, 5.41) is 4.41. The predicted molar refractivity (Wildman–Crippen MR) is 86.9 cm³/mol. The van der Waals surface area contributed by atoms with Crippen LogP contribution in [-0.4, -0.2) is 15.0 Å². The van der Waals surface area contributed by atoms with E-state index in [9.17, 15) is 0 Å². The highest BCUT2D eigenvalue weighted by Crippen LogP contribution is 2.40. The maximum atomic E-state index is 5.88. The Morgan fingerprint density at radius 1 is 1.24 bits per heavy atom. The van der Waals surface area contributed by atoms with Crippen molar-refractivity contribution in [1.29, 1.82) is 0 Å². The summed E-state index contributed by atoms with van der Waals surface area (Å²) < 4.78 is 8.11. The first kappa shape index (κ1) is 12.9. The van der Waals surface area contributed by atoms with Crippen LogP contribution in [0.5, 0.6) is 11.6 Å². The molecule has 0 aliphatic heterocycles. The molecule has 3 aromatic heterocycles. The Balaban J connectivity index is 1.92. The number of fused-ring (bicyclic) bond motifs is 3. The van der Waals surface area contributed by atoms with Crippen molar-refractivity contribution in [2.24, 2.45) is 0 Å². The molecule has 0 aliphatic rings. The summed E-state index contributed by atoms with van der Waals surface area (Å²) in [4.78, 5) is 12.7. The Labute approximate surface area is 133 Å². The number of thiophene rings is 1. The molecule has 3 heterocycles. The standard InChI is InChI=1S/C14H8ClN3OS2/c1-7-17-13-10(21-7)4-9(8-2-3-20-14(8)13)19-12-6-16-5-11(15)18-12/h2-6H,1H3. The lowest BCUT2D eigenvalue weighted by molar-refractivity contribution is 0.466.